The molecule has 0 spiro atoms. The van der Waals surface area contributed by atoms with E-state index in [9.17, 15) is 13.2 Å². The minimum absolute atomic E-state index is 0.0346. The number of fused-ring (bicyclic) bond motifs is 1. The number of nitrogens with one attached hydrogen (secondary N) is 2. The van der Waals surface area contributed by atoms with Crippen molar-refractivity contribution >= 4 is 44.4 Å². The lowest BCUT2D eigenvalue weighted by Gasteiger charge is -2.19. The lowest BCUT2D eigenvalue weighted by atomic mass is 10.1. The zero-order valence-corrected chi connectivity index (χ0v) is 20.0. The molecule has 0 fully saturated rings. The summed E-state index contributed by atoms with van der Waals surface area (Å²) in [5.41, 5.74) is 1.93. The van der Waals surface area contributed by atoms with Gasteiger partial charge in [-0.25, -0.2) is 8.42 Å². The van der Waals surface area contributed by atoms with E-state index in [-0.39, 0.29) is 16.8 Å². The highest BCUT2D eigenvalue weighted by molar-refractivity contribution is 7.89. The second-order valence-corrected chi connectivity index (χ2v) is 9.55. The van der Waals surface area contributed by atoms with E-state index in [4.69, 9.17) is 9.47 Å². The molecule has 1 heterocycles. The molecule has 0 aliphatic carbocycles. The van der Waals surface area contributed by atoms with Crippen LogP contribution in [0, 0.1) is 0 Å². The third-order valence-electron chi connectivity index (χ3n) is 5.05. The highest BCUT2D eigenvalue weighted by atomic mass is 32.2. The van der Waals surface area contributed by atoms with Gasteiger partial charge in [0, 0.05) is 23.9 Å². The quantitative estimate of drug-likeness (QED) is 0.364. The van der Waals surface area contributed by atoms with Gasteiger partial charge in [0.1, 0.15) is 33.5 Å². The molecule has 1 aromatic heterocycles. The number of hydrogen-bond donors (Lipinski definition) is 2. The number of sulfonamides is 1. The van der Waals surface area contributed by atoms with Crippen molar-refractivity contribution in [2.24, 2.45) is 0 Å². The van der Waals surface area contributed by atoms with Crippen LogP contribution in [0.1, 0.15) is 5.56 Å². The fourth-order valence-corrected chi connectivity index (χ4v) is 5.36. The van der Waals surface area contributed by atoms with E-state index >= 15 is 0 Å². The average Bonchev–Trinajstić information content (AvgIpc) is 3.32. The Morgan fingerprint density at radius 2 is 1.68 bits per heavy atom. The predicted octanol–water partition coefficient (Wildman–Crippen LogP) is 3.24. The number of carbonyl (C=O) groups excluding carboxylic acids is 1. The number of nitrogens with zero attached hydrogens (tertiary/aromatic N) is 2. The van der Waals surface area contributed by atoms with Crippen molar-refractivity contribution in [1.29, 1.82) is 0 Å². The number of amides is 1. The van der Waals surface area contributed by atoms with Gasteiger partial charge in [0.25, 0.3) is 0 Å². The van der Waals surface area contributed by atoms with Gasteiger partial charge in [-0.1, -0.05) is 36.4 Å². The lowest BCUT2D eigenvalue weighted by molar-refractivity contribution is -0.117. The summed E-state index contributed by atoms with van der Waals surface area (Å²) in [6.07, 6.45) is 0.137. The van der Waals surface area contributed by atoms with Crippen molar-refractivity contribution in [3.05, 3.63) is 72.3 Å². The molecular formula is C23H22N4O5S2. The summed E-state index contributed by atoms with van der Waals surface area (Å²) in [6.45, 7) is 0. The van der Waals surface area contributed by atoms with Crippen molar-refractivity contribution < 1.29 is 22.7 Å². The van der Waals surface area contributed by atoms with E-state index in [2.05, 4.69) is 18.8 Å². The molecule has 0 saturated carbocycles. The highest BCUT2D eigenvalue weighted by Crippen LogP contribution is 2.26. The van der Waals surface area contributed by atoms with E-state index < -0.39 is 22.0 Å². The zero-order valence-electron chi connectivity index (χ0n) is 18.4. The molecule has 1 amide bonds. The maximum absolute atomic E-state index is 13.3. The van der Waals surface area contributed by atoms with Crippen molar-refractivity contribution in [3.8, 4) is 11.5 Å². The van der Waals surface area contributed by atoms with Crippen LogP contribution in [0.25, 0.3) is 11.0 Å². The first-order valence-corrected chi connectivity index (χ1v) is 12.4. The summed E-state index contributed by atoms with van der Waals surface area (Å²) in [7, 11) is -1.09. The number of benzene rings is 3. The van der Waals surface area contributed by atoms with Gasteiger partial charge in [0.2, 0.25) is 15.9 Å². The van der Waals surface area contributed by atoms with E-state index in [0.29, 0.717) is 22.7 Å². The first kappa shape index (κ1) is 23.6. The van der Waals surface area contributed by atoms with Crippen LogP contribution in [0.2, 0.25) is 0 Å². The summed E-state index contributed by atoms with van der Waals surface area (Å²) < 4.78 is 47.9. The number of aromatic nitrogens is 2. The first-order chi connectivity index (χ1) is 16.4. The van der Waals surface area contributed by atoms with E-state index in [1.165, 1.54) is 20.3 Å². The lowest BCUT2D eigenvalue weighted by Crippen LogP contribution is -2.45. The summed E-state index contributed by atoms with van der Waals surface area (Å²) in [6, 6.07) is 17.7. The summed E-state index contributed by atoms with van der Waals surface area (Å²) >= 11 is 0.924. The number of rotatable bonds is 9. The van der Waals surface area contributed by atoms with Crippen LogP contribution < -0.4 is 19.5 Å². The smallest absolute Gasteiger partial charge is 0.243 e. The second kappa shape index (κ2) is 10.2. The minimum Gasteiger partial charge on any atom is -0.497 e. The molecule has 4 aromatic rings. The standard InChI is InChI=1S/C23H22N4O5S2/c1-31-17-12-16(13-18(14-17)32-2)24-23(28)20(11-15-7-4-3-5-8-15)27-34(29,30)21-10-6-9-19-22(21)26-33-25-19/h3-10,12-14,20,27H,11H2,1-2H3,(H,24,28)/t20-/m1/s1. The van der Waals surface area contributed by atoms with Crippen LogP contribution in [-0.2, 0) is 21.2 Å². The molecule has 0 aliphatic heterocycles. The average molecular weight is 499 g/mol. The fourth-order valence-electron chi connectivity index (χ4n) is 3.40. The normalized spacial score (nSPS) is 12.3. The predicted molar refractivity (Wildman–Crippen MR) is 130 cm³/mol. The van der Waals surface area contributed by atoms with Crippen LogP contribution in [-0.4, -0.2) is 43.3 Å². The largest absolute Gasteiger partial charge is 0.497 e. The number of hydrogen-bond acceptors (Lipinski definition) is 8. The van der Waals surface area contributed by atoms with Gasteiger partial charge in [-0.2, -0.15) is 13.5 Å². The minimum atomic E-state index is -4.10. The van der Waals surface area contributed by atoms with Crippen molar-refractivity contribution in [3.63, 3.8) is 0 Å². The van der Waals surface area contributed by atoms with Crippen molar-refractivity contribution in [2.75, 3.05) is 19.5 Å². The molecule has 4 rings (SSSR count). The van der Waals surface area contributed by atoms with Crippen LogP contribution in [0.3, 0.4) is 0 Å². The highest BCUT2D eigenvalue weighted by Gasteiger charge is 2.28. The third-order valence-corrected chi connectivity index (χ3v) is 7.10. The maximum Gasteiger partial charge on any atom is 0.243 e. The van der Waals surface area contributed by atoms with Gasteiger partial charge in [-0.15, -0.1) is 0 Å². The van der Waals surface area contributed by atoms with Gasteiger partial charge < -0.3 is 14.8 Å². The van der Waals surface area contributed by atoms with Crippen LogP contribution in [0.5, 0.6) is 11.5 Å². The Hall–Kier alpha value is -3.54. The summed E-state index contributed by atoms with van der Waals surface area (Å²) in [5.74, 6) is 0.432. The van der Waals surface area contributed by atoms with Gasteiger partial charge in [0.05, 0.1) is 25.9 Å². The first-order valence-electron chi connectivity index (χ1n) is 10.2. The molecular weight excluding hydrogens is 476 g/mol. The Morgan fingerprint density at radius 1 is 0.971 bits per heavy atom. The van der Waals surface area contributed by atoms with Crippen LogP contribution >= 0.6 is 11.7 Å². The molecule has 11 heteroatoms. The van der Waals surface area contributed by atoms with Crippen LogP contribution in [0.4, 0.5) is 5.69 Å². The Bertz CT molecular complexity index is 1390. The molecule has 34 heavy (non-hydrogen) atoms. The zero-order chi connectivity index (χ0) is 24.1. The molecule has 9 nitrogen and oxygen atoms in total. The van der Waals surface area contributed by atoms with Gasteiger partial charge in [0.15, 0.2) is 0 Å². The number of anilines is 1. The summed E-state index contributed by atoms with van der Waals surface area (Å²) in [4.78, 5) is 13.3. The molecule has 2 N–H and O–H groups in total. The molecule has 0 unspecified atom stereocenters. The van der Waals surface area contributed by atoms with E-state index in [0.717, 1.165) is 17.3 Å². The number of methoxy groups -OCH3 is 2. The van der Waals surface area contributed by atoms with E-state index in [1.54, 1.807) is 30.3 Å². The SMILES string of the molecule is COc1cc(NC(=O)[C@@H](Cc2ccccc2)NS(=O)(=O)c2cccc3nsnc23)cc(OC)c1. The number of ether oxygens (including phenoxy) is 2. The van der Waals surface area contributed by atoms with Crippen molar-refractivity contribution in [1.82, 2.24) is 13.5 Å². The van der Waals surface area contributed by atoms with E-state index in [1.807, 2.05) is 30.3 Å². The Morgan fingerprint density at radius 3 is 2.35 bits per heavy atom. The monoisotopic (exact) mass is 498 g/mol. The Balaban J connectivity index is 1.65. The molecule has 0 bridgehead atoms. The molecule has 0 saturated heterocycles. The fraction of sp³-hybridized carbons (Fsp3) is 0.174. The third kappa shape index (κ3) is 5.33. The molecule has 0 radical (unpaired) electrons. The topological polar surface area (TPSA) is 120 Å². The molecule has 3 aromatic carbocycles. The Labute approximate surface area is 201 Å². The molecule has 176 valence electrons. The van der Waals surface area contributed by atoms with Gasteiger partial charge in [-0.05, 0) is 24.1 Å². The van der Waals surface area contributed by atoms with Gasteiger partial charge >= 0.3 is 0 Å². The Kier molecular flexibility index (Phi) is 7.06. The second-order valence-electron chi connectivity index (χ2n) is 7.34. The molecule has 1 atom stereocenters. The maximum atomic E-state index is 13.3. The molecule has 0 aliphatic rings. The van der Waals surface area contributed by atoms with Gasteiger partial charge in [-0.3, -0.25) is 4.79 Å². The van der Waals surface area contributed by atoms with Crippen LogP contribution in [0.15, 0.2) is 71.6 Å². The number of carbonyl (C=O) groups is 1. The summed E-state index contributed by atoms with van der Waals surface area (Å²) in [5, 5.41) is 2.77. The van der Waals surface area contributed by atoms with Crippen molar-refractivity contribution in [2.45, 2.75) is 17.4 Å².